The number of rotatable bonds is 3. The second-order valence-corrected chi connectivity index (χ2v) is 5.63. The van der Waals surface area contributed by atoms with Gasteiger partial charge in [0.25, 0.3) is 0 Å². The van der Waals surface area contributed by atoms with Crippen LogP contribution >= 0.6 is 0 Å². The quantitative estimate of drug-likeness (QED) is 0.947. The molecule has 2 aromatic rings. The van der Waals surface area contributed by atoms with Gasteiger partial charge in [0.1, 0.15) is 11.4 Å². The molecule has 0 aliphatic carbocycles. The minimum Gasteiger partial charge on any atom is -0.497 e. The Bertz CT molecular complexity index is 668. The molecule has 1 aliphatic heterocycles. The predicted octanol–water partition coefficient (Wildman–Crippen LogP) is 2.57. The molecule has 1 aliphatic rings. The summed E-state index contributed by atoms with van der Waals surface area (Å²) in [5, 5.41) is 11.0. The van der Waals surface area contributed by atoms with Crippen molar-refractivity contribution in [3.05, 3.63) is 60.2 Å². The third-order valence-electron chi connectivity index (χ3n) is 4.41. The fraction of sp³-hybridized carbons (Fsp3) is 0.278. The molecule has 114 valence electrons. The van der Waals surface area contributed by atoms with Crippen LogP contribution in [0.2, 0.25) is 0 Å². The first kappa shape index (κ1) is 14.6. The summed E-state index contributed by atoms with van der Waals surface area (Å²) in [5.74, 6) is 0.176. The van der Waals surface area contributed by atoms with E-state index in [1.165, 1.54) is 0 Å². The van der Waals surface area contributed by atoms with E-state index in [9.17, 15) is 9.90 Å². The van der Waals surface area contributed by atoms with Crippen LogP contribution in [0, 0.1) is 5.92 Å². The molecule has 0 unspecified atom stereocenters. The minimum absolute atomic E-state index is 0.0727. The molecule has 1 N–H and O–H groups in total. The van der Waals surface area contributed by atoms with Gasteiger partial charge in [-0.1, -0.05) is 37.3 Å². The lowest BCUT2D eigenvalue weighted by atomic mass is 9.85. The third kappa shape index (κ3) is 2.25. The zero-order chi connectivity index (χ0) is 15.7. The molecule has 0 aromatic heterocycles. The number of carbonyl (C=O) groups excluding carboxylic acids is 1. The SMILES string of the molecule is COc1ccc(N2C[C@](O)(c3ccccc3)[C@@H](C)C2=O)cc1. The van der Waals surface area contributed by atoms with Gasteiger partial charge in [-0.2, -0.15) is 0 Å². The Labute approximate surface area is 130 Å². The molecule has 1 amide bonds. The van der Waals surface area contributed by atoms with Crippen LogP contribution in [-0.4, -0.2) is 24.7 Å². The van der Waals surface area contributed by atoms with Crippen LogP contribution in [0.4, 0.5) is 5.69 Å². The number of benzene rings is 2. The molecule has 22 heavy (non-hydrogen) atoms. The summed E-state index contributed by atoms with van der Waals surface area (Å²) in [5.41, 5.74) is 0.370. The van der Waals surface area contributed by atoms with Crippen molar-refractivity contribution in [1.29, 1.82) is 0 Å². The van der Waals surface area contributed by atoms with Crippen molar-refractivity contribution < 1.29 is 14.6 Å². The minimum atomic E-state index is -1.17. The Kier molecular flexibility index (Phi) is 3.62. The third-order valence-corrected chi connectivity index (χ3v) is 4.41. The Balaban J connectivity index is 1.94. The number of β-amino-alcohol motifs (C(OH)–C–C–N with tert-alkyl or cyclic N) is 1. The van der Waals surface area contributed by atoms with Crippen LogP contribution in [0.5, 0.6) is 5.75 Å². The molecule has 4 heteroatoms. The second-order valence-electron chi connectivity index (χ2n) is 5.63. The Morgan fingerprint density at radius 2 is 1.77 bits per heavy atom. The van der Waals surface area contributed by atoms with Crippen molar-refractivity contribution in [3.63, 3.8) is 0 Å². The maximum atomic E-state index is 12.6. The van der Waals surface area contributed by atoms with E-state index < -0.39 is 11.5 Å². The highest BCUT2D eigenvalue weighted by Gasteiger charge is 2.50. The number of methoxy groups -OCH3 is 1. The van der Waals surface area contributed by atoms with Crippen molar-refractivity contribution >= 4 is 11.6 Å². The molecule has 2 aromatic carbocycles. The lowest BCUT2D eigenvalue weighted by Crippen LogP contribution is -2.34. The van der Waals surface area contributed by atoms with Crippen molar-refractivity contribution in [2.45, 2.75) is 12.5 Å². The highest BCUT2D eigenvalue weighted by Crippen LogP contribution is 2.39. The lowest BCUT2D eigenvalue weighted by molar-refractivity contribution is -0.123. The Morgan fingerprint density at radius 1 is 1.14 bits per heavy atom. The zero-order valence-corrected chi connectivity index (χ0v) is 12.7. The summed E-state index contributed by atoms with van der Waals surface area (Å²) in [6, 6.07) is 16.7. The lowest BCUT2D eigenvalue weighted by Gasteiger charge is -2.26. The van der Waals surface area contributed by atoms with E-state index in [0.717, 1.165) is 17.0 Å². The monoisotopic (exact) mass is 297 g/mol. The number of amides is 1. The topological polar surface area (TPSA) is 49.8 Å². The highest BCUT2D eigenvalue weighted by atomic mass is 16.5. The molecule has 3 rings (SSSR count). The summed E-state index contributed by atoms with van der Waals surface area (Å²) >= 11 is 0. The molecule has 1 heterocycles. The highest BCUT2D eigenvalue weighted by molar-refractivity contribution is 5.98. The summed E-state index contributed by atoms with van der Waals surface area (Å²) in [7, 11) is 1.60. The van der Waals surface area contributed by atoms with E-state index >= 15 is 0 Å². The summed E-state index contributed by atoms with van der Waals surface area (Å²) in [4.78, 5) is 14.2. The van der Waals surface area contributed by atoms with Gasteiger partial charge in [-0.05, 0) is 29.8 Å². The number of aliphatic hydroxyl groups is 1. The number of carbonyl (C=O) groups is 1. The maximum Gasteiger partial charge on any atom is 0.233 e. The average molecular weight is 297 g/mol. The Morgan fingerprint density at radius 3 is 2.36 bits per heavy atom. The molecule has 0 saturated carbocycles. The molecular formula is C18H19NO3. The van der Waals surface area contributed by atoms with Gasteiger partial charge in [0.05, 0.1) is 19.6 Å². The molecule has 4 nitrogen and oxygen atoms in total. The maximum absolute atomic E-state index is 12.6. The number of anilines is 1. The van der Waals surface area contributed by atoms with E-state index in [0.29, 0.717) is 0 Å². The van der Waals surface area contributed by atoms with Crippen LogP contribution in [0.15, 0.2) is 54.6 Å². The van der Waals surface area contributed by atoms with E-state index in [1.807, 2.05) is 54.6 Å². The fourth-order valence-electron chi connectivity index (χ4n) is 2.94. The first-order valence-corrected chi connectivity index (χ1v) is 7.29. The first-order chi connectivity index (χ1) is 10.6. The first-order valence-electron chi connectivity index (χ1n) is 7.29. The van der Waals surface area contributed by atoms with Gasteiger partial charge in [-0.3, -0.25) is 4.79 Å². The number of ether oxygens (including phenoxy) is 1. The largest absolute Gasteiger partial charge is 0.497 e. The van der Waals surface area contributed by atoms with Gasteiger partial charge in [0.15, 0.2) is 0 Å². The normalized spacial score (nSPS) is 24.6. The number of hydrogen-bond donors (Lipinski definition) is 1. The van der Waals surface area contributed by atoms with Gasteiger partial charge < -0.3 is 14.7 Å². The Hall–Kier alpha value is -2.33. The van der Waals surface area contributed by atoms with Gasteiger partial charge in [0.2, 0.25) is 5.91 Å². The predicted molar refractivity (Wildman–Crippen MR) is 84.8 cm³/mol. The van der Waals surface area contributed by atoms with Crippen LogP contribution in [0.25, 0.3) is 0 Å². The van der Waals surface area contributed by atoms with Crippen molar-refractivity contribution in [3.8, 4) is 5.75 Å². The van der Waals surface area contributed by atoms with Crippen molar-refractivity contribution in [1.82, 2.24) is 0 Å². The van der Waals surface area contributed by atoms with Crippen molar-refractivity contribution in [2.24, 2.45) is 5.92 Å². The van der Waals surface area contributed by atoms with Crippen LogP contribution in [-0.2, 0) is 10.4 Å². The van der Waals surface area contributed by atoms with Gasteiger partial charge in [-0.25, -0.2) is 0 Å². The molecular weight excluding hydrogens is 278 g/mol. The van der Waals surface area contributed by atoms with Gasteiger partial charge in [0, 0.05) is 5.69 Å². The van der Waals surface area contributed by atoms with E-state index in [2.05, 4.69) is 0 Å². The second kappa shape index (κ2) is 5.46. The van der Waals surface area contributed by atoms with Gasteiger partial charge in [-0.15, -0.1) is 0 Å². The van der Waals surface area contributed by atoms with E-state index in [4.69, 9.17) is 4.74 Å². The molecule has 1 fully saturated rings. The zero-order valence-electron chi connectivity index (χ0n) is 12.7. The standard InChI is InChI=1S/C18H19NO3/c1-13-17(20)19(15-8-10-16(22-2)11-9-15)12-18(13,21)14-6-4-3-5-7-14/h3-11,13,21H,12H2,1-2H3/t13-,18+/m0/s1. The van der Waals surface area contributed by atoms with Crippen LogP contribution in [0.1, 0.15) is 12.5 Å². The molecule has 2 atom stereocenters. The number of nitrogens with zero attached hydrogens (tertiary/aromatic N) is 1. The molecule has 1 saturated heterocycles. The molecule has 0 radical (unpaired) electrons. The van der Waals surface area contributed by atoms with Crippen LogP contribution < -0.4 is 9.64 Å². The number of hydrogen-bond acceptors (Lipinski definition) is 3. The van der Waals surface area contributed by atoms with Crippen LogP contribution in [0.3, 0.4) is 0 Å². The molecule has 0 spiro atoms. The van der Waals surface area contributed by atoms with Crippen molar-refractivity contribution in [2.75, 3.05) is 18.6 Å². The molecule has 0 bridgehead atoms. The fourth-order valence-corrected chi connectivity index (χ4v) is 2.94. The summed E-state index contributed by atoms with van der Waals surface area (Å²) in [6.45, 7) is 2.03. The smallest absolute Gasteiger partial charge is 0.233 e. The summed E-state index contributed by atoms with van der Waals surface area (Å²) in [6.07, 6.45) is 0. The average Bonchev–Trinajstić information content (AvgIpc) is 2.81. The van der Waals surface area contributed by atoms with Gasteiger partial charge >= 0.3 is 0 Å². The summed E-state index contributed by atoms with van der Waals surface area (Å²) < 4.78 is 5.14. The van der Waals surface area contributed by atoms with E-state index in [1.54, 1.807) is 18.9 Å². The van der Waals surface area contributed by atoms with E-state index in [-0.39, 0.29) is 12.5 Å².